The molecule has 1 rings (SSSR count). The first-order valence-electron chi connectivity index (χ1n) is 5.63. The summed E-state index contributed by atoms with van der Waals surface area (Å²) >= 11 is 0. The molecule has 0 fully saturated rings. The number of ether oxygens (including phenoxy) is 1. The lowest BCUT2D eigenvalue weighted by molar-refractivity contribution is 0.0953. The predicted molar refractivity (Wildman–Crippen MR) is 72.3 cm³/mol. The van der Waals surface area contributed by atoms with E-state index in [2.05, 4.69) is 15.7 Å². The van der Waals surface area contributed by atoms with Gasteiger partial charge in [-0.25, -0.2) is 0 Å². The topological polar surface area (TPSA) is 68.2 Å². The first-order chi connectivity index (χ1) is 8.16. The van der Waals surface area contributed by atoms with Gasteiger partial charge in [0.1, 0.15) is 0 Å². The van der Waals surface area contributed by atoms with Crippen LogP contribution in [0, 0.1) is 6.92 Å². The van der Waals surface area contributed by atoms with E-state index in [1.165, 1.54) is 0 Å². The maximum absolute atomic E-state index is 11.8. The monoisotopic (exact) mass is 276 g/mol. The summed E-state index contributed by atoms with van der Waals surface area (Å²) in [6.45, 7) is 4.66. The zero-order valence-corrected chi connectivity index (χ0v) is 11.8. The largest absolute Gasteiger partial charge is 0.383 e. The Balaban J connectivity index is 0.00000289. The molecule has 0 saturated heterocycles. The molecule has 0 radical (unpaired) electrons. The SMILES string of the molecule is COCCNCCNC(=O)c1cnn(C)c1C.Cl. The number of hydrogen-bond donors (Lipinski definition) is 2. The van der Waals surface area contributed by atoms with E-state index in [0.717, 1.165) is 18.8 Å². The van der Waals surface area contributed by atoms with E-state index < -0.39 is 0 Å². The highest BCUT2D eigenvalue weighted by Crippen LogP contribution is 2.04. The Bertz CT molecular complexity index is 368. The van der Waals surface area contributed by atoms with Gasteiger partial charge in [-0.3, -0.25) is 9.48 Å². The van der Waals surface area contributed by atoms with Crippen molar-refractivity contribution in [3.05, 3.63) is 17.5 Å². The molecule has 1 heterocycles. The van der Waals surface area contributed by atoms with Crippen molar-refractivity contribution in [3.63, 3.8) is 0 Å². The van der Waals surface area contributed by atoms with Crippen molar-refractivity contribution in [2.75, 3.05) is 33.4 Å². The van der Waals surface area contributed by atoms with Crippen LogP contribution >= 0.6 is 12.4 Å². The van der Waals surface area contributed by atoms with Crippen molar-refractivity contribution < 1.29 is 9.53 Å². The first kappa shape index (κ1) is 16.9. The number of carbonyl (C=O) groups is 1. The molecule has 0 atom stereocenters. The van der Waals surface area contributed by atoms with Gasteiger partial charge in [-0.1, -0.05) is 0 Å². The summed E-state index contributed by atoms with van der Waals surface area (Å²) in [5.74, 6) is -0.0795. The molecule has 1 amide bonds. The second kappa shape index (κ2) is 8.91. The fraction of sp³-hybridized carbons (Fsp3) is 0.636. The molecule has 1 aromatic heterocycles. The Kier molecular flexibility index (Phi) is 8.36. The minimum absolute atomic E-state index is 0. The van der Waals surface area contributed by atoms with Crippen molar-refractivity contribution in [1.29, 1.82) is 0 Å². The van der Waals surface area contributed by atoms with Crippen LogP contribution in [0.2, 0.25) is 0 Å². The molecule has 0 aliphatic carbocycles. The van der Waals surface area contributed by atoms with E-state index >= 15 is 0 Å². The second-order valence-electron chi connectivity index (χ2n) is 3.77. The smallest absolute Gasteiger partial charge is 0.254 e. The van der Waals surface area contributed by atoms with Crippen molar-refractivity contribution in [2.45, 2.75) is 6.92 Å². The fourth-order valence-corrected chi connectivity index (χ4v) is 1.38. The van der Waals surface area contributed by atoms with Crippen molar-refractivity contribution in [3.8, 4) is 0 Å². The lowest BCUT2D eigenvalue weighted by Crippen LogP contribution is -2.33. The quantitative estimate of drug-likeness (QED) is 0.694. The molecule has 2 N–H and O–H groups in total. The maximum Gasteiger partial charge on any atom is 0.254 e. The van der Waals surface area contributed by atoms with Gasteiger partial charge in [0.2, 0.25) is 0 Å². The lowest BCUT2D eigenvalue weighted by atomic mass is 10.2. The number of nitrogens with one attached hydrogen (secondary N) is 2. The summed E-state index contributed by atoms with van der Waals surface area (Å²) in [5.41, 5.74) is 1.50. The Morgan fingerprint density at radius 2 is 2.17 bits per heavy atom. The van der Waals surface area contributed by atoms with Gasteiger partial charge in [0.05, 0.1) is 18.4 Å². The highest BCUT2D eigenvalue weighted by molar-refractivity contribution is 5.94. The normalized spacial score (nSPS) is 9.94. The molecule has 0 bridgehead atoms. The minimum Gasteiger partial charge on any atom is -0.383 e. The Labute approximate surface area is 113 Å². The molecule has 6 nitrogen and oxygen atoms in total. The third-order valence-corrected chi connectivity index (χ3v) is 2.55. The second-order valence-corrected chi connectivity index (χ2v) is 3.77. The van der Waals surface area contributed by atoms with E-state index in [0.29, 0.717) is 18.7 Å². The summed E-state index contributed by atoms with van der Waals surface area (Å²) in [6, 6.07) is 0. The number of nitrogens with zero attached hydrogens (tertiary/aromatic N) is 2. The first-order valence-corrected chi connectivity index (χ1v) is 5.63. The van der Waals surface area contributed by atoms with Crippen LogP contribution in [0.3, 0.4) is 0 Å². The fourth-order valence-electron chi connectivity index (χ4n) is 1.38. The molecule has 7 heteroatoms. The molecular formula is C11H21ClN4O2. The van der Waals surface area contributed by atoms with Gasteiger partial charge < -0.3 is 15.4 Å². The van der Waals surface area contributed by atoms with Gasteiger partial charge in [-0.2, -0.15) is 5.10 Å². The van der Waals surface area contributed by atoms with Gasteiger partial charge in [0, 0.05) is 39.5 Å². The number of aromatic nitrogens is 2. The van der Waals surface area contributed by atoms with Gasteiger partial charge in [0.25, 0.3) is 5.91 Å². The summed E-state index contributed by atoms with van der Waals surface area (Å²) in [4.78, 5) is 11.8. The summed E-state index contributed by atoms with van der Waals surface area (Å²) in [6.07, 6.45) is 1.59. The van der Waals surface area contributed by atoms with E-state index in [9.17, 15) is 4.79 Å². The summed E-state index contributed by atoms with van der Waals surface area (Å²) in [7, 11) is 3.48. The zero-order chi connectivity index (χ0) is 12.7. The summed E-state index contributed by atoms with van der Waals surface area (Å²) < 4.78 is 6.58. The van der Waals surface area contributed by atoms with Crippen LogP contribution in [0.1, 0.15) is 16.1 Å². The highest BCUT2D eigenvalue weighted by atomic mass is 35.5. The average molecular weight is 277 g/mol. The third-order valence-electron chi connectivity index (χ3n) is 2.55. The van der Waals surface area contributed by atoms with Crippen LogP contribution in [0.25, 0.3) is 0 Å². The average Bonchev–Trinajstić information content (AvgIpc) is 2.64. The molecule has 1 aromatic rings. The molecule has 18 heavy (non-hydrogen) atoms. The van der Waals surface area contributed by atoms with Crippen LogP contribution in [0.15, 0.2) is 6.20 Å². The van der Waals surface area contributed by atoms with Crippen molar-refractivity contribution >= 4 is 18.3 Å². The highest BCUT2D eigenvalue weighted by Gasteiger charge is 2.11. The number of amides is 1. The molecule has 0 spiro atoms. The van der Waals surface area contributed by atoms with E-state index in [1.807, 2.05) is 14.0 Å². The predicted octanol–water partition coefficient (Wildman–Crippen LogP) is 0.116. The number of halogens is 1. The number of rotatable bonds is 7. The van der Waals surface area contributed by atoms with E-state index in [-0.39, 0.29) is 18.3 Å². The zero-order valence-electron chi connectivity index (χ0n) is 11.0. The van der Waals surface area contributed by atoms with Crippen LogP contribution in [0.5, 0.6) is 0 Å². The number of aryl methyl sites for hydroxylation is 1. The standard InChI is InChI=1S/C11H20N4O2.ClH/c1-9-10(8-14-15(9)2)11(16)13-5-4-12-6-7-17-3;/h8,12H,4-7H2,1-3H3,(H,13,16);1H. The van der Waals surface area contributed by atoms with Crippen LogP contribution in [-0.2, 0) is 11.8 Å². The number of carbonyl (C=O) groups excluding carboxylic acids is 1. The third kappa shape index (κ3) is 5.03. The van der Waals surface area contributed by atoms with E-state index in [4.69, 9.17) is 4.74 Å². The molecule has 0 saturated carbocycles. The van der Waals surface area contributed by atoms with E-state index in [1.54, 1.807) is 18.0 Å². The van der Waals surface area contributed by atoms with Crippen molar-refractivity contribution in [1.82, 2.24) is 20.4 Å². The molecule has 0 unspecified atom stereocenters. The molecular weight excluding hydrogens is 256 g/mol. The Morgan fingerprint density at radius 1 is 1.44 bits per heavy atom. The molecule has 0 aromatic carbocycles. The molecule has 0 aliphatic heterocycles. The van der Waals surface area contributed by atoms with Gasteiger partial charge in [0.15, 0.2) is 0 Å². The maximum atomic E-state index is 11.8. The Morgan fingerprint density at radius 3 is 2.72 bits per heavy atom. The minimum atomic E-state index is -0.0795. The van der Waals surface area contributed by atoms with Crippen LogP contribution in [-0.4, -0.2) is 49.0 Å². The number of hydrogen-bond acceptors (Lipinski definition) is 4. The van der Waals surface area contributed by atoms with Gasteiger partial charge in [-0.05, 0) is 6.92 Å². The number of methoxy groups -OCH3 is 1. The lowest BCUT2D eigenvalue weighted by Gasteiger charge is -2.06. The van der Waals surface area contributed by atoms with Crippen LogP contribution < -0.4 is 10.6 Å². The Hall–Kier alpha value is -1.11. The van der Waals surface area contributed by atoms with Crippen molar-refractivity contribution in [2.24, 2.45) is 7.05 Å². The molecule has 104 valence electrons. The molecule has 0 aliphatic rings. The van der Waals surface area contributed by atoms with Gasteiger partial charge >= 0.3 is 0 Å². The summed E-state index contributed by atoms with van der Waals surface area (Å²) in [5, 5.41) is 10.0. The van der Waals surface area contributed by atoms with Crippen LogP contribution in [0.4, 0.5) is 0 Å². The van der Waals surface area contributed by atoms with Gasteiger partial charge in [-0.15, -0.1) is 12.4 Å².